The fraction of sp³-hybridized carbons (Fsp3) is 0.286. The van der Waals surface area contributed by atoms with Crippen molar-refractivity contribution in [2.24, 2.45) is 0 Å². The molecule has 0 atom stereocenters. The maximum atomic E-state index is 5.79. The van der Waals surface area contributed by atoms with E-state index >= 15 is 0 Å². The molecule has 0 saturated heterocycles. The van der Waals surface area contributed by atoms with Gasteiger partial charge in [0.25, 0.3) is 0 Å². The minimum Gasteiger partial charge on any atom is -0.441 e. The van der Waals surface area contributed by atoms with Gasteiger partial charge in [-0.2, -0.15) is 5.10 Å². The predicted molar refractivity (Wildman–Crippen MR) is 72.9 cm³/mol. The van der Waals surface area contributed by atoms with Crippen LogP contribution < -0.4 is 5.32 Å². The van der Waals surface area contributed by atoms with Gasteiger partial charge in [0.1, 0.15) is 0 Å². The van der Waals surface area contributed by atoms with Gasteiger partial charge in [-0.15, -0.1) is 0 Å². The SMILES string of the molecule is CNCCCc1ncc(-c2cnn3ccccc23)o1. The average molecular weight is 256 g/mol. The molecule has 0 amide bonds. The van der Waals surface area contributed by atoms with E-state index in [2.05, 4.69) is 15.4 Å². The van der Waals surface area contributed by atoms with Crippen LogP contribution in [0.3, 0.4) is 0 Å². The average Bonchev–Trinajstić information content (AvgIpc) is 3.05. The van der Waals surface area contributed by atoms with Crippen molar-refractivity contribution in [1.82, 2.24) is 19.9 Å². The highest BCUT2D eigenvalue weighted by atomic mass is 16.4. The largest absolute Gasteiger partial charge is 0.441 e. The van der Waals surface area contributed by atoms with E-state index in [1.54, 1.807) is 6.20 Å². The smallest absolute Gasteiger partial charge is 0.194 e. The number of hydrogen-bond acceptors (Lipinski definition) is 4. The molecule has 0 spiro atoms. The Bertz CT molecular complexity index is 671. The topological polar surface area (TPSA) is 55.4 Å². The summed E-state index contributed by atoms with van der Waals surface area (Å²) in [6.07, 6.45) is 7.38. The van der Waals surface area contributed by atoms with Gasteiger partial charge in [-0.1, -0.05) is 6.07 Å². The molecule has 0 bridgehead atoms. The zero-order valence-electron chi connectivity index (χ0n) is 10.8. The van der Waals surface area contributed by atoms with E-state index in [0.717, 1.165) is 42.1 Å². The Hall–Kier alpha value is -2.14. The Morgan fingerprint density at radius 2 is 2.26 bits per heavy atom. The number of fused-ring (bicyclic) bond motifs is 1. The number of rotatable bonds is 5. The minimum atomic E-state index is 0.778. The third kappa shape index (κ3) is 2.37. The lowest BCUT2D eigenvalue weighted by atomic mass is 10.2. The van der Waals surface area contributed by atoms with Crippen molar-refractivity contribution in [3.8, 4) is 11.3 Å². The first-order valence-corrected chi connectivity index (χ1v) is 6.40. The summed E-state index contributed by atoms with van der Waals surface area (Å²) in [4.78, 5) is 4.32. The van der Waals surface area contributed by atoms with Crippen molar-refractivity contribution in [2.75, 3.05) is 13.6 Å². The van der Waals surface area contributed by atoms with Gasteiger partial charge in [0.2, 0.25) is 0 Å². The molecule has 3 rings (SSSR count). The molecular formula is C14H16N4O. The zero-order valence-corrected chi connectivity index (χ0v) is 10.8. The lowest BCUT2D eigenvalue weighted by Gasteiger charge is -1.96. The molecule has 0 aromatic carbocycles. The van der Waals surface area contributed by atoms with Gasteiger partial charge in [-0.3, -0.25) is 0 Å². The summed E-state index contributed by atoms with van der Waals surface area (Å²) in [5.41, 5.74) is 2.01. The van der Waals surface area contributed by atoms with Gasteiger partial charge in [0.05, 0.1) is 23.5 Å². The Balaban J connectivity index is 1.86. The van der Waals surface area contributed by atoms with E-state index in [1.165, 1.54) is 0 Å². The molecule has 19 heavy (non-hydrogen) atoms. The van der Waals surface area contributed by atoms with E-state index in [1.807, 2.05) is 42.2 Å². The van der Waals surface area contributed by atoms with Crippen molar-refractivity contribution in [3.05, 3.63) is 42.7 Å². The van der Waals surface area contributed by atoms with Crippen LogP contribution in [0, 0.1) is 0 Å². The lowest BCUT2D eigenvalue weighted by molar-refractivity contribution is 0.495. The molecule has 0 aliphatic rings. The Morgan fingerprint density at radius 3 is 3.16 bits per heavy atom. The Kier molecular flexibility index (Phi) is 3.29. The number of nitrogens with zero attached hydrogens (tertiary/aromatic N) is 3. The normalized spacial score (nSPS) is 11.2. The van der Waals surface area contributed by atoms with Crippen LogP contribution >= 0.6 is 0 Å². The highest BCUT2D eigenvalue weighted by Gasteiger charge is 2.11. The second kappa shape index (κ2) is 5.24. The van der Waals surface area contributed by atoms with Gasteiger partial charge in [-0.25, -0.2) is 9.50 Å². The molecule has 0 unspecified atom stereocenters. The van der Waals surface area contributed by atoms with E-state index in [-0.39, 0.29) is 0 Å². The van der Waals surface area contributed by atoms with Crippen molar-refractivity contribution in [1.29, 1.82) is 0 Å². The van der Waals surface area contributed by atoms with Gasteiger partial charge >= 0.3 is 0 Å². The summed E-state index contributed by atoms with van der Waals surface area (Å²) in [5, 5.41) is 7.41. The van der Waals surface area contributed by atoms with Crippen molar-refractivity contribution >= 4 is 5.52 Å². The maximum absolute atomic E-state index is 5.79. The molecule has 0 aliphatic heterocycles. The summed E-state index contributed by atoms with van der Waals surface area (Å²) in [6, 6.07) is 5.96. The van der Waals surface area contributed by atoms with Crippen LogP contribution in [0.5, 0.6) is 0 Å². The quantitative estimate of drug-likeness (QED) is 0.711. The Labute approximate surface area is 111 Å². The molecule has 0 aliphatic carbocycles. The molecular weight excluding hydrogens is 240 g/mol. The van der Waals surface area contributed by atoms with E-state index in [4.69, 9.17) is 4.42 Å². The van der Waals surface area contributed by atoms with Crippen LogP contribution in [-0.2, 0) is 6.42 Å². The van der Waals surface area contributed by atoms with Crippen molar-refractivity contribution < 1.29 is 4.42 Å². The van der Waals surface area contributed by atoms with Crippen LogP contribution in [0.1, 0.15) is 12.3 Å². The number of oxazole rings is 1. The zero-order chi connectivity index (χ0) is 13.1. The predicted octanol–water partition coefficient (Wildman–Crippen LogP) is 2.14. The molecule has 3 aromatic rings. The summed E-state index contributed by atoms with van der Waals surface area (Å²) < 4.78 is 7.62. The second-order valence-electron chi connectivity index (χ2n) is 4.41. The summed E-state index contributed by atoms with van der Waals surface area (Å²) in [6.45, 7) is 0.967. The first-order valence-electron chi connectivity index (χ1n) is 6.40. The summed E-state index contributed by atoms with van der Waals surface area (Å²) in [5.74, 6) is 1.56. The molecule has 3 heterocycles. The monoisotopic (exact) mass is 256 g/mol. The first-order chi connectivity index (χ1) is 9.38. The Morgan fingerprint density at radius 1 is 1.32 bits per heavy atom. The van der Waals surface area contributed by atoms with E-state index < -0.39 is 0 Å². The van der Waals surface area contributed by atoms with E-state index in [9.17, 15) is 0 Å². The van der Waals surface area contributed by atoms with Gasteiger partial charge < -0.3 is 9.73 Å². The van der Waals surface area contributed by atoms with Gasteiger partial charge in [-0.05, 0) is 32.1 Å². The van der Waals surface area contributed by atoms with Crippen LogP contribution in [-0.4, -0.2) is 28.2 Å². The standard InChI is InChI=1S/C14H16N4O/c1-15-7-4-6-14-16-10-13(19-14)11-9-17-18-8-3-2-5-12(11)18/h2-3,5,8-10,15H,4,6-7H2,1H3. The van der Waals surface area contributed by atoms with Gasteiger partial charge in [0, 0.05) is 12.6 Å². The molecule has 5 nitrogen and oxygen atoms in total. The highest BCUT2D eigenvalue weighted by Crippen LogP contribution is 2.25. The van der Waals surface area contributed by atoms with Gasteiger partial charge in [0.15, 0.2) is 11.7 Å². The molecule has 5 heteroatoms. The van der Waals surface area contributed by atoms with Crippen LogP contribution in [0.4, 0.5) is 0 Å². The molecule has 1 N–H and O–H groups in total. The number of pyridine rings is 1. The van der Waals surface area contributed by atoms with Crippen LogP contribution in [0.25, 0.3) is 16.8 Å². The minimum absolute atomic E-state index is 0.778. The third-order valence-electron chi connectivity index (χ3n) is 3.06. The van der Waals surface area contributed by atoms with Crippen LogP contribution in [0.2, 0.25) is 0 Å². The fourth-order valence-corrected chi connectivity index (χ4v) is 2.09. The van der Waals surface area contributed by atoms with Crippen LogP contribution in [0.15, 0.2) is 41.2 Å². The molecule has 0 fully saturated rings. The number of aryl methyl sites for hydroxylation is 1. The molecule has 0 saturated carbocycles. The fourth-order valence-electron chi connectivity index (χ4n) is 2.09. The number of nitrogens with one attached hydrogen (secondary N) is 1. The van der Waals surface area contributed by atoms with Crippen molar-refractivity contribution in [3.63, 3.8) is 0 Å². The summed E-state index contributed by atoms with van der Waals surface area (Å²) >= 11 is 0. The summed E-state index contributed by atoms with van der Waals surface area (Å²) in [7, 11) is 1.94. The lowest BCUT2D eigenvalue weighted by Crippen LogP contribution is -2.08. The first kappa shape index (κ1) is 11.9. The molecule has 0 radical (unpaired) electrons. The highest BCUT2D eigenvalue weighted by molar-refractivity contribution is 5.76. The van der Waals surface area contributed by atoms with E-state index in [0.29, 0.717) is 0 Å². The number of hydrogen-bond donors (Lipinski definition) is 1. The molecule has 98 valence electrons. The second-order valence-corrected chi connectivity index (χ2v) is 4.41. The maximum Gasteiger partial charge on any atom is 0.194 e. The van der Waals surface area contributed by atoms with Crippen molar-refractivity contribution in [2.45, 2.75) is 12.8 Å². The third-order valence-corrected chi connectivity index (χ3v) is 3.06. The molecule has 3 aromatic heterocycles. The number of aromatic nitrogens is 3.